The van der Waals surface area contributed by atoms with Crippen LogP contribution in [0, 0.1) is 0 Å². The molecule has 0 atom stereocenters. The maximum atomic E-state index is 12.2. The number of nitrogens with one attached hydrogen (secondary N) is 1. The highest BCUT2D eigenvalue weighted by Gasteiger charge is 2.17. The number of methoxy groups -OCH3 is 1. The van der Waals surface area contributed by atoms with Crippen molar-refractivity contribution in [2.24, 2.45) is 0 Å². The number of aromatic nitrogens is 1. The van der Waals surface area contributed by atoms with Crippen LogP contribution in [0.1, 0.15) is 42.5 Å². The highest BCUT2D eigenvalue weighted by atomic mass is 16.5. The van der Waals surface area contributed by atoms with Crippen molar-refractivity contribution in [3.8, 4) is 0 Å². The monoisotopic (exact) mass is 288 g/mol. The van der Waals surface area contributed by atoms with Crippen molar-refractivity contribution in [3.05, 3.63) is 47.3 Å². The van der Waals surface area contributed by atoms with Crippen LogP contribution in [0.25, 0.3) is 0 Å². The van der Waals surface area contributed by atoms with E-state index in [2.05, 4.69) is 31.2 Å². The number of carbonyl (C=O) groups excluding carboxylic acids is 1. The van der Waals surface area contributed by atoms with Crippen LogP contribution in [0.5, 0.6) is 0 Å². The van der Waals surface area contributed by atoms with E-state index in [9.17, 15) is 4.79 Å². The Kier molecular flexibility index (Phi) is 4.43. The quantitative estimate of drug-likeness (QED) is 0.936. The Morgan fingerprint density at radius 3 is 2.52 bits per heavy atom. The molecule has 0 bridgehead atoms. The van der Waals surface area contributed by atoms with E-state index in [4.69, 9.17) is 9.26 Å². The minimum absolute atomic E-state index is 0.0860. The Hall–Kier alpha value is -2.14. The SMILES string of the molecule is COCc1oncc1C(=O)Nc1ccc(C(C)(C)C)cc1. The van der Waals surface area contributed by atoms with Gasteiger partial charge < -0.3 is 14.6 Å². The smallest absolute Gasteiger partial charge is 0.261 e. The maximum Gasteiger partial charge on any atom is 0.261 e. The highest BCUT2D eigenvalue weighted by Crippen LogP contribution is 2.23. The van der Waals surface area contributed by atoms with Crippen molar-refractivity contribution < 1.29 is 14.1 Å². The first-order valence-corrected chi connectivity index (χ1v) is 6.76. The standard InChI is InChI=1S/C16H20N2O3/c1-16(2,3)11-5-7-12(8-6-11)18-15(19)13-9-17-21-14(13)10-20-4/h5-9H,10H2,1-4H3,(H,18,19). The molecule has 5 nitrogen and oxygen atoms in total. The average molecular weight is 288 g/mol. The normalized spacial score (nSPS) is 11.4. The van der Waals surface area contributed by atoms with Crippen molar-refractivity contribution in [2.75, 3.05) is 12.4 Å². The molecule has 0 saturated carbocycles. The number of ether oxygens (including phenoxy) is 1. The highest BCUT2D eigenvalue weighted by molar-refractivity contribution is 6.04. The lowest BCUT2D eigenvalue weighted by Crippen LogP contribution is -2.14. The summed E-state index contributed by atoms with van der Waals surface area (Å²) in [5.74, 6) is 0.160. The van der Waals surface area contributed by atoms with E-state index in [0.29, 0.717) is 11.3 Å². The minimum Gasteiger partial charge on any atom is -0.377 e. The lowest BCUT2D eigenvalue weighted by Gasteiger charge is -2.19. The van der Waals surface area contributed by atoms with E-state index < -0.39 is 0 Å². The number of hydrogen-bond donors (Lipinski definition) is 1. The minimum atomic E-state index is -0.258. The van der Waals surface area contributed by atoms with E-state index >= 15 is 0 Å². The summed E-state index contributed by atoms with van der Waals surface area (Å²) in [6.45, 7) is 6.66. The van der Waals surface area contributed by atoms with Gasteiger partial charge in [-0.15, -0.1) is 0 Å². The van der Waals surface area contributed by atoms with Crippen LogP contribution in [0.2, 0.25) is 0 Å². The van der Waals surface area contributed by atoms with Gasteiger partial charge in [0.15, 0.2) is 5.76 Å². The first kappa shape index (κ1) is 15.3. The number of rotatable bonds is 4. The molecule has 2 rings (SSSR count). The molecule has 0 saturated heterocycles. The first-order chi connectivity index (χ1) is 9.91. The maximum absolute atomic E-state index is 12.2. The van der Waals surface area contributed by atoms with Crippen LogP contribution in [-0.4, -0.2) is 18.2 Å². The Labute approximate surface area is 124 Å². The lowest BCUT2D eigenvalue weighted by molar-refractivity contribution is 0.101. The number of benzene rings is 1. The van der Waals surface area contributed by atoms with Gasteiger partial charge in [0, 0.05) is 12.8 Å². The number of hydrogen-bond acceptors (Lipinski definition) is 4. The average Bonchev–Trinajstić information content (AvgIpc) is 2.87. The molecule has 1 aromatic carbocycles. The zero-order valence-electron chi connectivity index (χ0n) is 12.8. The van der Waals surface area contributed by atoms with E-state index in [1.54, 1.807) is 0 Å². The van der Waals surface area contributed by atoms with E-state index in [0.717, 1.165) is 5.69 Å². The molecule has 0 aliphatic rings. The Morgan fingerprint density at radius 2 is 1.95 bits per heavy atom. The van der Waals surface area contributed by atoms with Crippen molar-refractivity contribution in [1.29, 1.82) is 0 Å². The van der Waals surface area contributed by atoms with Crippen LogP contribution < -0.4 is 5.32 Å². The number of carbonyl (C=O) groups is 1. The first-order valence-electron chi connectivity index (χ1n) is 6.76. The summed E-state index contributed by atoms with van der Waals surface area (Å²) < 4.78 is 9.96. The molecule has 5 heteroatoms. The summed E-state index contributed by atoms with van der Waals surface area (Å²) in [6, 6.07) is 7.81. The molecule has 0 unspecified atom stereocenters. The van der Waals surface area contributed by atoms with Gasteiger partial charge in [-0.25, -0.2) is 0 Å². The molecule has 21 heavy (non-hydrogen) atoms. The Morgan fingerprint density at radius 1 is 1.29 bits per heavy atom. The summed E-state index contributed by atoms with van der Waals surface area (Å²) in [7, 11) is 1.54. The van der Waals surface area contributed by atoms with Gasteiger partial charge in [0.25, 0.3) is 5.91 Å². The molecular weight excluding hydrogens is 268 g/mol. The zero-order valence-corrected chi connectivity index (χ0v) is 12.8. The number of anilines is 1. The molecular formula is C16H20N2O3. The van der Waals surface area contributed by atoms with Gasteiger partial charge in [-0.1, -0.05) is 38.1 Å². The molecule has 0 spiro atoms. The van der Waals surface area contributed by atoms with Crippen molar-refractivity contribution in [1.82, 2.24) is 5.16 Å². The van der Waals surface area contributed by atoms with Gasteiger partial charge in [-0.3, -0.25) is 4.79 Å². The molecule has 112 valence electrons. The van der Waals surface area contributed by atoms with Gasteiger partial charge in [0.05, 0.1) is 6.20 Å². The van der Waals surface area contributed by atoms with Crippen LogP contribution in [0.3, 0.4) is 0 Å². The molecule has 0 fully saturated rings. The predicted molar refractivity (Wildman–Crippen MR) is 80.3 cm³/mol. The summed E-state index contributed by atoms with van der Waals surface area (Å²) in [6.07, 6.45) is 1.40. The lowest BCUT2D eigenvalue weighted by atomic mass is 9.87. The predicted octanol–water partition coefficient (Wildman–Crippen LogP) is 3.37. The molecule has 0 aliphatic carbocycles. The van der Waals surface area contributed by atoms with Gasteiger partial charge >= 0.3 is 0 Å². The van der Waals surface area contributed by atoms with Gasteiger partial charge in [0.2, 0.25) is 0 Å². The van der Waals surface area contributed by atoms with Crippen LogP contribution in [0.4, 0.5) is 5.69 Å². The van der Waals surface area contributed by atoms with Crippen molar-refractivity contribution in [2.45, 2.75) is 32.8 Å². The molecule has 1 N–H and O–H groups in total. The molecule has 1 aromatic heterocycles. The van der Waals surface area contributed by atoms with Crippen LogP contribution in [0.15, 0.2) is 35.0 Å². The number of amides is 1. The third-order valence-electron chi connectivity index (χ3n) is 3.17. The van der Waals surface area contributed by atoms with E-state index in [-0.39, 0.29) is 17.9 Å². The molecule has 1 amide bonds. The van der Waals surface area contributed by atoms with Gasteiger partial charge in [-0.2, -0.15) is 0 Å². The molecule has 1 heterocycles. The topological polar surface area (TPSA) is 64.4 Å². The van der Waals surface area contributed by atoms with Crippen molar-refractivity contribution in [3.63, 3.8) is 0 Å². The van der Waals surface area contributed by atoms with E-state index in [1.165, 1.54) is 18.9 Å². The second kappa shape index (κ2) is 6.10. The zero-order chi connectivity index (χ0) is 15.5. The molecule has 2 aromatic rings. The summed E-state index contributed by atoms with van der Waals surface area (Å²) in [5, 5.41) is 6.46. The van der Waals surface area contributed by atoms with Crippen LogP contribution >= 0.6 is 0 Å². The Bertz CT molecular complexity index is 609. The summed E-state index contributed by atoms with van der Waals surface area (Å²) in [5.41, 5.74) is 2.42. The summed E-state index contributed by atoms with van der Waals surface area (Å²) in [4.78, 5) is 12.2. The van der Waals surface area contributed by atoms with Gasteiger partial charge in [0.1, 0.15) is 12.2 Å². The molecule has 0 aliphatic heterocycles. The fourth-order valence-electron chi connectivity index (χ4n) is 1.94. The fourth-order valence-corrected chi connectivity index (χ4v) is 1.94. The van der Waals surface area contributed by atoms with E-state index in [1.807, 2.05) is 24.3 Å². The van der Waals surface area contributed by atoms with Crippen molar-refractivity contribution >= 4 is 11.6 Å². The second-order valence-corrected chi connectivity index (χ2v) is 5.88. The van der Waals surface area contributed by atoms with Crippen LogP contribution in [-0.2, 0) is 16.8 Å². The largest absolute Gasteiger partial charge is 0.377 e. The summed E-state index contributed by atoms with van der Waals surface area (Å²) >= 11 is 0. The van der Waals surface area contributed by atoms with Gasteiger partial charge in [-0.05, 0) is 23.1 Å². The second-order valence-electron chi connectivity index (χ2n) is 5.88. The third kappa shape index (κ3) is 3.70. The molecule has 0 radical (unpaired) electrons. The Balaban J connectivity index is 2.11. The third-order valence-corrected chi connectivity index (χ3v) is 3.17. The fraction of sp³-hybridized carbons (Fsp3) is 0.375. The number of nitrogens with zero attached hydrogens (tertiary/aromatic N) is 1.